The highest BCUT2D eigenvalue weighted by molar-refractivity contribution is 6.34. The predicted octanol–water partition coefficient (Wildman–Crippen LogP) is 5.22. The lowest BCUT2D eigenvalue weighted by atomic mass is 9.99. The Kier molecular flexibility index (Phi) is 4.51. The number of halogens is 1. The summed E-state index contributed by atoms with van der Waals surface area (Å²) in [4.78, 5) is 19.2. The molecule has 1 amide bonds. The average Bonchev–Trinajstić information content (AvgIpc) is 3.12. The first-order valence-electron chi connectivity index (χ1n) is 8.72. The van der Waals surface area contributed by atoms with Crippen LogP contribution >= 0.6 is 11.6 Å². The lowest BCUT2D eigenvalue weighted by Gasteiger charge is -2.23. The maximum atomic E-state index is 13.2. The monoisotopic (exact) mass is 366 g/mol. The number of anilines is 1. The Labute approximate surface area is 157 Å². The number of para-hydroxylation sites is 1. The van der Waals surface area contributed by atoms with Crippen LogP contribution in [0.2, 0.25) is 5.02 Å². The molecule has 3 aromatic rings. The minimum absolute atomic E-state index is 0.0736. The van der Waals surface area contributed by atoms with Gasteiger partial charge in [-0.15, -0.1) is 0 Å². The van der Waals surface area contributed by atoms with Gasteiger partial charge < -0.3 is 9.32 Å². The fraction of sp³-hybridized carbons (Fsp3) is 0.238. The van der Waals surface area contributed by atoms with E-state index in [-0.39, 0.29) is 5.91 Å². The van der Waals surface area contributed by atoms with Gasteiger partial charge in [0.2, 0.25) is 5.89 Å². The van der Waals surface area contributed by atoms with Crippen molar-refractivity contribution in [3.63, 3.8) is 0 Å². The second kappa shape index (κ2) is 6.96. The summed E-state index contributed by atoms with van der Waals surface area (Å²) in [6.07, 6.45) is 5.04. The van der Waals surface area contributed by atoms with E-state index in [0.29, 0.717) is 28.9 Å². The highest BCUT2D eigenvalue weighted by atomic mass is 35.5. The van der Waals surface area contributed by atoms with Crippen LogP contribution in [0.5, 0.6) is 0 Å². The van der Waals surface area contributed by atoms with Gasteiger partial charge in [-0.2, -0.15) is 0 Å². The average molecular weight is 367 g/mol. The van der Waals surface area contributed by atoms with E-state index in [9.17, 15) is 4.79 Å². The topological polar surface area (TPSA) is 46.3 Å². The van der Waals surface area contributed by atoms with Crippen LogP contribution in [0, 0.1) is 5.92 Å². The molecule has 1 unspecified atom stereocenters. The van der Waals surface area contributed by atoms with Crippen molar-refractivity contribution in [3.8, 4) is 11.5 Å². The molecule has 0 N–H and O–H groups in total. The fourth-order valence-electron chi connectivity index (χ4n) is 3.44. The number of hydrogen-bond acceptors (Lipinski definition) is 3. The Bertz CT molecular complexity index is 937. The number of carbonyl (C=O) groups excluding carboxylic acids is 1. The van der Waals surface area contributed by atoms with Gasteiger partial charge in [-0.3, -0.25) is 4.79 Å². The summed E-state index contributed by atoms with van der Waals surface area (Å²) in [6.45, 7) is 2.91. The second-order valence-corrected chi connectivity index (χ2v) is 7.12. The molecule has 1 aromatic heterocycles. The van der Waals surface area contributed by atoms with Crippen LogP contribution in [-0.4, -0.2) is 17.4 Å². The van der Waals surface area contributed by atoms with E-state index in [1.165, 1.54) is 11.8 Å². The van der Waals surface area contributed by atoms with Gasteiger partial charge in [-0.25, -0.2) is 4.98 Å². The largest absolute Gasteiger partial charge is 0.445 e. The lowest BCUT2D eigenvalue weighted by molar-refractivity contribution is 0.0986. The third-order valence-electron chi connectivity index (χ3n) is 4.82. The van der Waals surface area contributed by atoms with Gasteiger partial charge in [0.05, 0.1) is 16.8 Å². The molecule has 0 saturated heterocycles. The van der Waals surface area contributed by atoms with Gasteiger partial charge in [0, 0.05) is 17.8 Å². The SMILES string of the molecule is CC1CCN(C(=O)c2ccc(-c3ncco3)cc2Cl)c2ccccc2C1. The summed E-state index contributed by atoms with van der Waals surface area (Å²) in [5.41, 5.74) is 3.43. The smallest absolute Gasteiger partial charge is 0.259 e. The Morgan fingerprint density at radius 3 is 2.88 bits per heavy atom. The van der Waals surface area contributed by atoms with Crippen LogP contribution in [0.4, 0.5) is 5.69 Å². The predicted molar refractivity (Wildman–Crippen MR) is 103 cm³/mol. The molecule has 26 heavy (non-hydrogen) atoms. The van der Waals surface area contributed by atoms with Crippen molar-refractivity contribution in [2.75, 3.05) is 11.4 Å². The van der Waals surface area contributed by atoms with Gasteiger partial charge in [0.1, 0.15) is 6.26 Å². The third kappa shape index (κ3) is 3.13. The summed E-state index contributed by atoms with van der Waals surface area (Å²) < 4.78 is 5.30. The molecule has 1 aliphatic heterocycles. The molecular weight excluding hydrogens is 348 g/mol. The standard InChI is InChI=1S/C21H19ClN2O2/c1-14-8-10-24(19-5-3-2-4-15(19)12-14)21(25)17-7-6-16(13-18(17)22)20-23-9-11-26-20/h2-7,9,11,13-14H,8,10,12H2,1H3. The maximum absolute atomic E-state index is 13.2. The van der Waals surface area contributed by atoms with Crippen molar-refractivity contribution >= 4 is 23.2 Å². The van der Waals surface area contributed by atoms with E-state index in [4.69, 9.17) is 16.0 Å². The number of oxazole rings is 1. The van der Waals surface area contributed by atoms with Crippen LogP contribution < -0.4 is 4.90 Å². The van der Waals surface area contributed by atoms with Gasteiger partial charge >= 0.3 is 0 Å². The van der Waals surface area contributed by atoms with E-state index >= 15 is 0 Å². The normalized spacial score (nSPS) is 16.8. The molecule has 5 heteroatoms. The molecule has 0 saturated carbocycles. The summed E-state index contributed by atoms with van der Waals surface area (Å²) in [5, 5.41) is 0.403. The zero-order valence-electron chi connectivity index (χ0n) is 14.5. The van der Waals surface area contributed by atoms with E-state index in [2.05, 4.69) is 18.0 Å². The third-order valence-corrected chi connectivity index (χ3v) is 5.13. The van der Waals surface area contributed by atoms with Crippen molar-refractivity contribution in [2.45, 2.75) is 19.8 Å². The molecular formula is C21H19ClN2O2. The Hall–Kier alpha value is -2.59. The summed E-state index contributed by atoms with van der Waals surface area (Å²) in [7, 11) is 0. The lowest BCUT2D eigenvalue weighted by Crippen LogP contribution is -2.32. The van der Waals surface area contributed by atoms with Crippen molar-refractivity contribution in [3.05, 3.63) is 71.1 Å². The van der Waals surface area contributed by atoms with Crippen molar-refractivity contribution < 1.29 is 9.21 Å². The molecule has 1 atom stereocenters. The molecule has 0 spiro atoms. The molecule has 4 nitrogen and oxygen atoms in total. The summed E-state index contributed by atoms with van der Waals surface area (Å²) in [5.74, 6) is 0.951. The number of benzene rings is 2. The van der Waals surface area contributed by atoms with Gasteiger partial charge in [0.15, 0.2) is 0 Å². The number of hydrogen-bond donors (Lipinski definition) is 0. The molecule has 2 heterocycles. The first-order chi connectivity index (χ1) is 12.6. The molecule has 0 aliphatic carbocycles. The van der Waals surface area contributed by atoms with E-state index in [1.807, 2.05) is 29.2 Å². The van der Waals surface area contributed by atoms with Gasteiger partial charge in [-0.05, 0) is 48.6 Å². The number of rotatable bonds is 2. The van der Waals surface area contributed by atoms with Crippen LogP contribution in [-0.2, 0) is 6.42 Å². The van der Waals surface area contributed by atoms with Crippen molar-refractivity contribution in [1.82, 2.24) is 4.98 Å². The molecule has 132 valence electrons. The van der Waals surface area contributed by atoms with E-state index in [1.54, 1.807) is 18.3 Å². The Balaban J connectivity index is 1.69. The minimum Gasteiger partial charge on any atom is -0.445 e. The maximum Gasteiger partial charge on any atom is 0.259 e. The van der Waals surface area contributed by atoms with Gasteiger partial charge in [0.25, 0.3) is 5.91 Å². The van der Waals surface area contributed by atoms with Crippen molar-refractivity contribution in [2.24, 2.45) is 5.92 Å². The van der Waals surface area contributed by atoms with Gasteiger partial charge in [-0.1, -0.05) is 36.7 Å². The van der Waals surface area contributed by atoms with Crippen LogP contribution in [0.1, 0.15) is 29.3 Å². The minimum atomic E-state index is -0.0736. The zero-order chi connectivity index (χ0) is 18.1. The molecule has 0 radical (unpaired) electrons. The van der Waals surface area contributed by atoms with Crippen LogP contribution in [0.3, 0.4) is 0 Å². The summed E-state index contributed by atoms with van der Waals surface area (Å²) >= 11 is 6.44. The zero-order valence-corrected chi connectivity index (χ0v) is 15.2. The molecule has 0 fully saturated rings. The van der Waals surface area contributed by atoms with Crippen LogP contribution in [0.25, 0.3) is 11.5 Å². The number of carbonyl (C=O) groups is 1. The molecule has 0 bridgehead atoms. The number of fused-ring (bicyclic) bond motifs is 1. The molecule has 1 aliphatic rings. The highest BCUT2D eigenvalue weighted by Gasteiger charge is 2.26. The fourth-order valence-corrected chi connectivity index (χ4v) is 3.70. The second-order valence-electron chi connectivity index (χ2n) is 6.72. The Morgan fingerprint density at radius 2 is 2.12 bits per heavy atom. The van der Waals surface area contributed by atoms with E-state index in [0.717, 1.165) is 24.1 Å². The first kappa shape index (κ1) is 16.9. The molecule has 4 rings (SSSR count). The quantitative estimate of drug-likeness (QED) is 0.624. The Morgan fingerprint density at radius 1 is 1.27 bits per heavy atom. The first-order valence-corrected chi connectivity index (χ1v) is 9.10. The number of nitrogens with zero attached hydrogens (tertiary/aromatic N) is 2. The van der Waals surface area contributed by atoms with Crippen molar-refractivity contribution in [1.29, 1.82) is 0 Å². The number of amides is 1. The van der Waals surface area contributed by atoms with E-state index < -0.39 is 0 Å². The molecule has 2 aromatic carbocycles. The summed E-state index contributed by atoms with van der Waals surface area (Å²) in [6, 6.07) is 13.4. The van der Waals surface area contributed by atoms with Crippen LogP contribution in [0.15, 0.2) is 59.3 Å². The number of aromatic nitrogens is 1. The highest BCUT2D eigenvalue weighted by Crippen LogP contribution is 2.32.